The van der Waals surface area contributed by atoms with Crippen LogP contribution in [0.2, 0.25) is 0 Å². The molecular formula is C13H16N2O4S. The maximum atomic E-state index is 12.3. The molecule has 2 N–H and O–H groups in total. The van der Waals surface area contributed by atoms with Gasteiger partial charge in [0.25, 0.3) is 5.91 Å². The lowest BCUT2D eigenvalue weighted by Crippen LogP contribution is -2.36. The van der Waals surface area contributed by atoms with Gasteiger partial charge in [-0.25, -0.2) is 4.98 Å². The molecule has 20 heavy (non-hydrogen) atoms. The van der Waals surface area contributed by atoms with E-state index >= 15 is 0 Å². The molecule has 0 unspecified atom stereocenters. The third-order valence-corrected chi connectivity index (χ3v) is 3.74. The molecule has 2 aromatic heterocycles. The summed E-state index contributed by atoms with van der Waals surface area (Å²) in [6, 6.07) is 3.54. The Balaban J connectivity index is 2.25. The zero-order valence-corrected chi connectivity index (χ0v) is 11.9. The Labute approximate surface area is 120 Å². The summed E-state index contributed by atoms with van der Waals surface area (Å²) < 4.78 is 5.27. The first-order valence-corrected chi connectivity index (χ1v) is 7.01. The fraction of sp³-hybridized carbons (Fsp3) is 0.385. The molecule has 0 aliphatic rings. The van der Waals surface area contributed by atoms with Crippen molar-refractivity contribution in [3.8, 4) is 10.8 Å². The third-order valence-electron chi connectivity index (χ3n) is 2.76. The van der Waals surface area contributed by atoms with Gasteiger partial charge in [0.2, 0.25) is 0 Å². The van der Waals surface area contributed by atoms with Crippen LogP contribution in [0.5, 0.6) is 0 Å². The molecule has 2 heterocycles. The number of thiazole rings is 1. The maximum Gasteiger partial charge on any atom is 0.273 e. The molecule has 7 heteroatoms. The average Bonchev–Trinajstić information content (AvgIpc) is 3.06. The molecule has 0 fully saturated rings. The second-order valence-corrected chi connectivity index (χ2v) is 5.34. The molecule has 0 atom stereocenters. The number of furan rings is 1. The van der Waals surface area contributed by atoms with Gasteiger partial charge in [0.1, 0.15) is 5.69 Å². The highest BCUT2D eigenvalue weighted by Crippen LogP contribution is 2.28. The van der Waals surface area contributed by atoms with Gasteiger partial charge in [0.05, 0.1) is 19.5 Å². The Hall–Kier alpha value is -1.70. The topological polar surface area (TPSA) is 86.8 Å². The van der Waals surface area contributed by atoms with Crippen LogP contribution in [0, 0.1) is 6.92 Å². The van der Waals surface area contributed by atoms with Crippen molar-refractivity contribution >= 4 is 17.2 Å². The SMILES string of the molecule is Cc1sc(-c2ccco2)nc1C(=O)N(CCO)CCO. The van der Waals surface area contributed by atoms with Crippen molar-refractivity contribution in [3.63, 3.8) is 0 Å². The van der Waals surface area contributed by atoms with E-state index in [1.165, 1.54) is 16.2 Å². The van der Waals surface area contributed by atoms with Gasteiger partial charge in [0, 0.05) is 18.0 Å². The van der Waals surface area contributed by atoms with Crippen molar-refractivity contribution in [1.82, 2.24) is 9.88 Å². The Morgan fingerprint density at radius 2 is 2.10 bits per heavy atom. The Morgan fingerprint density at radius 1 is 1.40 bits per heavy atom. The monoisotopic (exact) mass is 296 g/mol. The summed E-state index contributed by atoms with van der Waals surface area (Å²) in [6.45, 7) is 1.85. The van der Waals surface area contributed by atoms with Crippen LogP contribution in [0.25, 0.3) is 10.8 Å². The van der Waals surface area contributed by atoms with E-state index in [1.54, 1.807) is 18.4 Å². The van der Waals surface area contributed by atoms with Gasteiger partial charge in [-0.3, -0.25) is 4.79 Å². The minimum absolute atomic E-state index is 0.153. The number of hydrogen-bond acceptors (Lipinski definition) is 6. The lowest BCUT2D eigenvalue weighted by atomic mass is 10.3. The van der Waals surface area contributed by atoms with Gasteiger partial charge in [0.15, 0.2) is 10.8 Å². The quantitative estimate of drug-likeness (QED) is 0.834. The first-order chi connectivity index (χ1) is 9.67. The highest BCUT2D eigenvalue weighted by Gasteiger charge is 2.22. The van der Waals surface area contributed by atoms with Crippen molar-refractivity contribution in [2.24, 2.45) is 0 Å². The smallest absolute Gasteiger partial charge is 0.273 e. The van der Waals surface area contributed by atoms with E-state index in [9.17, 15) is 4.79 Å². The number of aryl methyl sites for hydroxylation is 1. The van der Waals surface area contributed by atoms with E-state index in [2.05, 4.69) is 4.98 Å². The molecule has 0 saturated carbocycles. The van der Waals surface area contributed by atoms with E-state index in [4.69, 9.17) is 14.6 Å². The predicted molar refractivity (Wildman–Crippen MR) is 74.6 cm³/mol. The maximum absolute atomic E-state index is 12.3. The van der Waals surface area contributed by atoms with E-state index in [1.807, 2.05) is 6.92 Å². The first kappa shape index (κ1) is 14.7. The van der Waals surface area contributed by atoms with E-state index in [0.29, 0.717) is 16.5 Å². The van der Waals surface area contributed by atoms with Crippen LogP contribution < -0.4 is 0 Å². The Morgan fingerprint density at radius 3 is 2.65 bits per heavy atom. The number of rotatable bonds is 6. The molecule has 0 spiro atoms. The van der Waals surface area contributed by atoms with E-state index in [0.717, 1.165) is 4.88 Å². The molecule has 0 aliphatic carbocycles. The summed E-state index contributed by atoms with van der Waals surface area (Å²) in [7, 11) is 0. The van der Waals surface area contributed by atoms with Crippen molar-refractivity contribution < 1.29 is 19.4 Å². The number of aromatic nitrogens is 1. The lowest BCUT2D eigenvalue weighted by Gasteiger charge is -2.19. The number of aliphatic hydroxyl groups excluding tert-OH is 2. The molecule has 6 nitrogen and oxygen atoms in total. The molecular weight excluding hydrogens is 280 g/mol. The summed E-state index contributed by atoms with van der Waals surface area (Å²) in [5.74, 6) is 0.327. The third kappa shape index (κ3) is 3.06. The van der Waals surface area contributed by atoms with Gasteiger partial charge in [-0.2, -0.15) is 0 Å². The van der Waals surface area contributed by atoms with Crippen LogP contribution in [-0.4, -0.2) is 52.3 Å². The predicted octanol–water partition coefficient (Wildman–Crippen LogP) is 1.14. The van der Waals surface area contributed by atoms with Crippen molar-refractivity contribution in [2.45, 2.75) is 6.92 Å². The van der Waals surface area contributed by atoms with Crippen molar-refractivity contribution in [1.29, 1.82) is 0 Å². The van der Waals surface area contributed by atoms with Crippen LogP contribution in [0.4, 0.5) is 0 Å². The average molecular weight is 296 g/mol. The summed E-state index contributed by atoms with van der Waals surface area (Å²) >= 11 is 1.38. The van der Waals surface area contributed by atoms with Gasteiger partial charge in [-0.15, -0.1) is 11.3 Å². The largest absolute Gasteiger partial charge is 0.462 e. The van der Waals surface area contributed by atoms with E-state index < -0.39 is 0 Å². The Kier molecular flexibility index (Phi) is 4.89. The van der Waals surface area contributed by atoms with Gasteiger partial charge in [-0.05, 0) is 19.1 Å². The normalized spacial score (nSPS) is 10.8. The molecule has 0 radical (unpaired) electrons. The highest BCUT2D eigenvalue weighted by atomic mass is 32.1. The fourth-order valence-electron chi connectivity index (χ4n) is 1.81. The molecule has 0 saturated heterocycles. The minimum Gasteiger partial charge on any atom is -0.462 e. The second-order valence-electron chi connectivity index (χ2n) is 4.14. The number of aliphatic hydroxyl groups is 2. The van der Waals surface area contributed by atoms with Crippen LogP contribution in [-0.2, 0) is 0 Å². The number of carbonyl (C=O) groups is 1. The standard InChI is InChI=1S/C13H16N2O4S/c1-9-11(13(18)15(4-6-16)5-7-17)14-12(20-9)10-3-2-8-19-10/h2-3,8,16-17H,4-7H2,1H3. The number of nitrogens with zero attached hydrogens (tertiary/aromatic N) is 2. The Bertz CT molecular complexity index is 559. The molecule has 0 aliphatic heterocycles. The second kappa shape index (κ2) is 6.65. The molecule has 0 bridgehead atoms. The molecule has 2 rings (SSSR count). The highest BCUT2D eigenvalue weighted by molar-refractivity contribution is 7.15. The van der Waals surface area contributed by atoms with Gasteiger partial charge in [-0.1, -0.05) is 0 Å². The summed E-state index contributed by atoms with van der Waals surface area (Å²) in [5, 5.41) is 18.6. The first-order valence-electron chi connectivity index (χ1n) is 6.19. The molecule has 2 aromatic rings. The summed E-state index contributed by atoms with van der Waals surface area (Å²) in [5.41, 5.74) is 0.336. The summed E-state index contributed by atoms with van der Waals surface area (Å²) in [4.78, 5) is 18.8. The van der Waals surface area contributed by atoms with Crippen LogP contribution in [0.1, 0.15) is 15.4 Å². The van der Waals surface area contributed by atoms with Crippen molar-refractivity contribution in [2.75, 3.05) is 26.3 Å². The lowest BCUT2D eigenvalue weighted by molar-refractivity contribution is 0.0679. The zero-order chi connectivity index (χ0) is 14.5. The number of hydrogen-bond donors (Lipinski definition) is 2. The van der Waals surface area contributed by atoms with Crippen LogP contribution >= 0.6 is 11.3 Å². The van der Waals surface area contributed by atoms with Crippen molar-refractivity contribution in [3.05, 3.63) is 29.0 Å². The van der Waals surface area contributed by atoms with Crippen LogP contribution in [0.15, 0.2) is 22.8 Å². The fourth-order valence-corrected chi connectivity index (χ4v) is 2.68. The van der Waals surface area contributed by atoms with Crippen LogP contribution in [0.3, 0.4) is 0 Å². The molecule has 0 aromatic carbocycles. The molecule has 1 amide bonds. The number of amides is 1. The minimum atomic E-state index is -0.292. The van der Waals surface area contributed by atoms with E-state index in [-0.39, 0.29) is 32.2 Å². The number of carbonyl (C=O) groups excluding carboxylic acids is 1. The summed E-state index contributed by atoms with van der Waals surface area (Å²) in [6.07, 6.45) is 1.55. The van der Waals surface area contributed by atoms with Gasteiger partial charge < -0.3 is 19.5 Å². The molecule has 108 valence electrons. The van der Waals surface area contributed by atoms with Gasteiger partial charge >= 0.3 is 0 Å². The zero-order valence-electron chi connectivity index (χ0n) is 11.1.